The van der Waals surface area contributed by atoms with E-state index in [1.807, 2.05) is 0 Å². The van der Waals surface area contributed by atoms with Crippen LogP contribution in [0.4, 0.5) is 17.2 Å². The summed E-state index contributed by atoms with van der Waals surface area (Å²) in [6, 6.07) is 6.80. The number of ether oxygens (including phenoxy) is 1. The highest BCUT2D eigenvalue weighted by Gasteiger charge is 2.30. The molecule has 0 radical (unpaired) electrons. The number of para-hydroxylation sites is 1. The second-order valence-corrected chi connectivity index (χ2v) is 7.56. The minimum atomic E-state index is -0.448. The van der Waals surface area contributed by atoms with Gasteiger partial charge in [-0.1, -0.05) is 6.07 Å². The summed E-state index contributed by atoms with van der Waals surface area (Å²) in [5, 5.41) is 20.5. The molecule has 3 N–H and O–H groups in total. The summed E-state index contributed by atoms with van der Waals surface area (Å²) in [6.07, 6.45) is 1.70. The van der Waals surface area contributed by atoms with Gasteiger partial charge in [-0.05, 0) is 25.0 Å². The first-order valence-electron chi connectivity index (χ1n) is 10.0. The monoisotopic (exact) mass is 436 g/mol. The zero-order valence-electron chi connectivity index (χ0n) is 17.4. The summed E-state index contributed by atoms with van der Waals surface area (Å²) in [5.41, 5.74) is 1.13. The maximum absolute atomic E-state index is 12.5. The Labute approximate surface area is 181 Å². The van der Waals surface area contributed by atoms with Crippen molar-refractivity contribution in [3.05, 3.63) is 46.3 Å². The van der Waals surface area contributed by atoms with Gasteiger partial charge in [-0.15, -0.1) is 10.2 Å². The number of benzene rings is 1. The Hall–Kier alpha value is -4.22. The molecule has 2 aliphatic rings. The predicted molar refractivity (Wildman–Crippen MR) is 113 cm³/mol. The van der Waals surface area contributed by atoms with Crippen molar-refractivity contribution >= 4 is 29.0 Å². The van der Waals surface area contributed by atoms with E-state index in [0.29, 0.717) is 28.6 Å². The molecule has 1 aliphatic carbocycles. The van der Waals surface area contributed by atoms with Gasteiger partial charge >= 0.3 is 5.69 Å². The molecule has 1 fully saturated rings. The number of carbonyl (C=O) groups excluding carboxylic acids is 2. The van der Waals surface area contributed by atoms with Crippen molar-refractivity contribution in [1.29, 1.82) is 0 Å². The van der Waals surface area contributed by atoms with E-state index in [9.17, 15) is 14.4 Å². The van der Waals surface area contributed by atoms with Gasteiger partial charge in [0.05, 0.1) is 17.1 Å². The van der Waals surface area contributed by atoms with E-state index < -0.39 is 5.91 Å². The molecule has 0 bridgehead atoms. The lowest BCUT2D eigenvalue weighted by atomic mass is 10.2. The van der Waals surface area contributed by atoms with Crippen molar-refractivity contribution in [2.24, 2.45) is 13.0 Å². The van der Waals surface area contributed by atoms with Crippen molar-refractivity contribution in [2.75, 3.05) is 17.7 Å². The molecule has 0 atom stereocenters. The van der Waals surface area contributed by atoms with Gasteiger partial charge in [0.1, 0.15) is 6.61 Å². The molecule has 12 heteroatoms. The number of carbonyl (C=O) groups is 2. The Morgan fingerprint density at radius 2 is 2.00 bits per heavy atom. The second-order valence-electron chi connectivity index (χ2n) is 7.56. The maximum Gasteiger partial charge on any atom is 0.350 e. The average molecular weight is 436 g/mol. The summed E-state index contributed by atoms with van der Waals surface area (Å²) < 4.78 is 8.61. The van der Waals surface area contributed by atoms with Gasteiger partial charge in [-0.3, -0.25) is 9.59 Å². The topological polar surface area (TPSA) is 145 Å². The van der Waals surface area contributed by atoms with Crippen molar-refractivity contribution in [3.8, 4) is 11.4 Å². The fraction of sp³-hybridized carbons (Fsp3) is 0.300. The van der Waals surface area contributed by atoms with Gasteiger partial charge in [0.15, 0.2) is 23.1 Å². The number of anilines is 3. The van der Waals surface area contributed by atoms with E-state index in [-0.39, 0.29) is 35.6 Å². The lowest BCUT2D eigenvalue weighted by Crippen LogP contribution is -2.25. The number of fused-ring (bicyclic) bond motifs is 3. The fourth-order valence-electron chi connectivity index (χ4n) is 3.49. The van der Waals surface area contributed by atoms with Crippen LogP contribution in [0.2, 0.25) is 0 Å². The molecule has 0 unspecified atom stereocenters. The highest BCUT2D eigenvalue weighted by atomic mass is 16.5. The summed E-state index contributed by atoms with van der Waals surface area (Å²) in [6.45, 7) is 0.112. The Morgan fingerprint density at radius 1 is 1.19 bits per heavy atom. The van der Waals surface area contributed by atoms with Crippen molar-refractivity contribution in [2.45, 2.75) is 19.4 Å². The first kappa shape index (κ1) is 19.7. The van der Waals surface area contributed by atoms with Crippen molar-refractivity contribution < 1.29 is 14.3 Å². The Bertz CT molecular complexity index is 1310. The van der Waals surface area contributed by atoms with Crippen LogP contribution in [0, 0.1) is 5.92 Å². The van der Waals surface area contributed by atoms with Crippen LogP contribution in [-0.2, 0) is 18.4 Å². The van der Waals surface area contributed by atoms with Crippen molar-refractivity contribution in [3.63, 3.8) is 0 Å². The normalized spacial score (nSPS) is 14.1. The first-order valence-corrected chi connectivity index (χ1v) is 10.0. The molecule has 3 aromatic rings. The largest absolute Gasteiger partial charge is 0.481 e. The summed E-state index contributed by atoms with van der Waals surface area (Å²) >= 11 is 0. The number of rotatable bonds is 5. The van der Waals surface area contributed by atoms with Gasteiger partial charge in [0.2, 0.25) is 5.91 Å². The minimum absolute atomic E-state index is 0.00615. The second kappa shape index (κ2) is 7.48. The van der Waals surface area contributed by atoms with Crippen LogP contribution in [0.5, 0.6) is 5.75 Å². The van der Waals surface area contributed by atoms with Crippen molar-refractivity contribution in [1.82, 2.24) is 29.9 Å². The summed E-state index contributed by atoms with van der Waals surface area (Å²) in [5.74, 6) is 0.572. The lowest BCUT2D eigenvalue weighted by Gasteiger charge is -2.21. The SMILES string of the molecule is CNC(=O)c1nnc(NC(=O)C2CC2)cc1Nc1cccc2c1OCc1nn(C)c(=O)n1-2. The Balaban J connectivity index is 1.54. The molecular weight excluding hydrogens is 416 g/mol. The zero-order chi connectivity index (χ0) is 22.4. The molecule has 2 amide bonds. The highest BCUT2D eigenvalue weighted by molar-refractivity contribution is 6.00. The quantitative estimate of drug-likeness (QED) is 0.530. The molecule has 1 aromatic carbocycles. The number of nitrogens with one attached hydrogen (secondary N) is 3. The molecule has 32 heavy (non-hydrogen) atoms. The van der Waals surface area contributed by atoms with Crippen LogP contribution < -0.4 is 26.4 Å². The molecule has 0 spiro atoms. The third kappa shape index (κ3) is 3.35. The predicted octanol–water partition coefficient (Wildman–Crippen LogP) is 0.705. The van der Waals surface area contributed by atoms with E-state index in [4.69, 9.17) is 4.74 Å². The number of amides is 2. The molecule has 2 aromatic heterocycles. The summed E-state index contributed by atoms with van der Waals surface area (Å²) in [7, 11) is 3.06. The van der Waals surface area contributed by atoms with Gasteiger partial charge in [-0.2, -0.15) is 5.10 Å². The van der Waals surface area contributed by atoms with E-state index in [0.717, 1.165) is 12.8 Å². The number of hydrogen-bond donors (Lipinski definition) is 3. The van der Waals surface area contributed by atoms with Gasteiger partial charge in [-0.25, -0.2) is 14.0 Å². The maximum atomic E-state index is 12.5. The molecule has 3 heterocycles. The smallest absolute Gasteiger partial charge is 0.350 e. The van der Waals surface area contributed by atoms with Crippen LogP contribution in [0.3, 0.4) is 0 Å². The van der Waals surface area contributed by atoms with E-state index >= 15 is 0 Å². The molecule has 0 saturated heterocycles. The van der Waals surface area contributed by atoms with Crippen LogP contribution in [-0.4, -0.2) is 43.4 Å². The lowest BCUT2D eigenvalue weighted by molar-refractivity contribution is -0.117. The fourth-order valence-corrected chi connectivity index (χ4v) is 3.49. The van der Waals surface area contributed by atoms with Crippen LogP contribution in [0.25, 0.3) is 5.69 Å². The van der Waals surface area contributed by atoms with Crippen LogP contribution >= 0.6 is 0 Å². The van der Waals surface area contributed by atoms with E-state index in [2.05, 4.69) is 31.2 Å². The Kier molecular flexibility index (Phi) is 4.61. The minimum Gasteiger partial charge on any atom is -0.481 e. The number of nitrogens with zero attached hydrogens (tertiary/aromatic N) is 5. The van der Waals surface area contributed by atoms with E-state index in [1.54, 1.807) is 31.3 Å². The highest BCUT2D eigenvalue weighted by Crippen LogP contribution is 2.37. The average Bonchev–Trinajstić information content (AvgIpc) is 3.60. The van der Waals surface area contributed by atoms with E-state index in [1.165, 1.54) is 16.3 Å². The first-order chi connectivity index (χ1) is 15.5. The number of aryl methyl sites for hydroxylation is 1. The van der Waals surface area contributed by atoms with Crippen LogP contribution in [0.1, 0.15) is 29.2 Å². The third-order valence-electron chi connectivity index (χ3n) is 5.28. The molecular formula is C20H20N8O4. The molecule has 1 saturated carbocycles. The number of hydrogen-bond acceptors (Lipinski definition) is 8. The molecule has 5 rings (SSSR count). The molecule has 164 valence electrons. The van der Waals surface area contributed by atoms with Gasteiger partial charge < -0.3 is 20.7 Å². The standard InChI is InChI=1S/C20H20N8O4/c1-21-19(30)16-12(8-14(24-25-16)23-18(29)10-6-7-10)22-11-4-3-5-13-17(11)32-9-15-26-27(2)20(31)28(13)15/h3-5,8,10H,6-7,9H2,1-2H3,(H,21,30)(H2,22,23,24,29). The number of aromatic nitrogens is 5. The zero-order valence-corrected chi connectivity index (χ0v) is 17.4. The Morgan fingerprint density at radius 3 is 2.75 bits per heavy atom. The molecule has 1 aliphatic heterocycles. The van der Waals surface area contributed by atoms with Crippen LogP contribution in [0.15, 0.2) is 29.1 Å². The third-order valence-corrected chi connectivity index (χ3v) is 5.28. The summed E-state index contributed by atoms with van der Waals surface area (Å²) in [4.78, 5) is 37.0. The molecule has 12 nitrogen and oxygen atoms in total. The van der Waals surface area contributed by atoms with Gasteiger partial charge in [0, 0.05) is 26.1 Å². The van der Waals surface area contributed by atoms with Gasteiger partial charge in [0.25, 0.3) is 5.91 Å².